The predicted molar refractivity (Wildman–Crippen MR) is 42.9 cm³/mol. The maximum absolute atomic E-state index is 8.52. The van der Waals surface area contributed by atoms with Crippen LogP contribution in [0.15, 0.2) is 16.9 Å². The fraction of sp³-hybridized carbons (Fsp3) is 0. The van der Waals surface area contributed by atoms with E-state index in [1.54, 1.807) is 0 Å². The van der Waals surface area contributed by atoms with Crippen molar-refractivity contribution in [1.82, 2.24) is 4.98 Å². The van der Waals surface area contributed by atoms with Gasteiger partial charge in [-0.1, -0.05) is 15.9 Å². The highest BCUT2D eigenvalue weighted by Gasteiger charge is 2.03. The smallest absolute Gasteiger partial charge is 0.220 e. The third-order valence-electron chi connectivity index (χ3n) is 1.10. The van der Waals surface area contributed by atoms with E-state index in [2.05, 4.69) is 25.8 Å². The molecule has 0 aliphatic heterocycles. The number of rotatable bonds is 0. The van der Waals surface area contributed by atoms with E-state index in [9.17, 15) is 0 Å². The molecule has 0 saturated heterocycles. The number of pyridine rings is 1. The summed E-state index contributed by atoms with van der Waals surface area (Å²) in [5, 5.41) is 8.52. The number of hydrogen-bond donors (Lipinski definition) is 0. The first kappa shape index (κ1) is 7.71. The highest BCUT2D eigenvalue weighted by atomic mass is 79.9. The molecule has 0 aliphatic carbocycles. The number of aromatic nitrogens is 1. The van der Waals surface area contributed by atoms with Crippen molar-refractivity contribution >= 4 is 21.6 Å². The zero-order valence-corrected chi connectivity index (χ0v) is 6.96. The molecule has 0 bridgehead atoms. The lowest BCUT2D eigenvalue weighted by Gasteiger charge is -1.94. The molecule has 0 aromatic carbocycles. The molecule has 0 atom stereocenters. The molecule has 0 spiro atoms. The third kappa shape index (κ3) is 1.36. The zero-order valence-electron chi connectivity index (χ0n) is 5.37. The van der Waals surface area contributed by atoms with Crippen molar-refractivity contribution in [3.05, 3.63) is 33.8 Å². The fourth-order valence-corrected chi connectivity index (χ4v) is 0.972. The van der Waals surface area contributed by atoms with Crippen molar-refractivity contribution in [2.45, 2.75) is 0 Å². The minimum Gasteiger partial charge on any atom is -0.275 e. The summed E-state index contributed by atoms with van der Waals surface area (Å²) in [6.07, 6.45) is 2.83. The van der Waals surface area contributed by atoms with Gasteiger partial charge in [0.25, 0.3) is 0 Å². The lowest BCUT2D eigenvalue weighted by Crippen LogP contribution is -1.79. The van der Waals surface area contributed by atoms with Crippen LogP contribution in [0.2, 0.25) is 0 Å². The number of halogens is 1. The standard InChI is InChI=1S/C7H2BrN3/c1-10-6-4-11-3-5(2-9)7(6)8/h3-4H. The summed E-state index contributed by atoms with van der Waals surface area (Å²) in [5.41, 5.74) is 0.752. The van der Waals surface area contributed by atoms with Crippen molar-refractivity contribution in [2.24, 2.45) is 0 Å². The third-order valence-corrected chi connectivity index (χ3v) is 1.94. The Bertz CT molecular complexity index is 327. The maximum Gasteiger partial charge on any atom is 0.220 e. The van der Waals surface area contributed by atoms with Gasteiger partial charge in [-0.2, -0.15) is 5.26 Å². The van der Waals surface area contributed by atoms with Gasteiger partial charge in [-0.25, -0.2) is 4.85 Å². The molecular formula is C7H2BrN3. The molecule has 0 unspecified atom stereocenters. The van der Waals surface area contributed by atoms with Crippen LogP contribution < -0.4 is 0 Å². The summed E-state index contributed by atoms with van der Waals surface area (Å²) >= 11 is 3.13. The molecule has 0 saturated carbocycles. The Morgan fingerprint density at radius 1 is 1.64 bits per heavy atom. The molecule has 1 aromatic heterocycles. The molecule has 0 radical (unpaired) electrons. The summed E-state index contributed by atoms with van der Waals surface area (Å²) in [4.78, 5) is 6.89. The monoisotopic (exact) mass is 207 g/mol. The Labute approximate surface area is 72.2 Å². The van der Waals surface area contributed by atoms with Gasteiger partial charge in [-0.3, -0.25) is 4.98 Å². The molecule has 0 fully saturated rings. The largest absolute Gasteiger partial charge is 0.275 e. The van der Waals surface area contributed by atoms with E-state index >= 15 is 0 Å². The average molecular weight is 208 g/mol. The molecule has 0 N–H and O–H groups in total. The van der Waals surface area contributed by atoms with Crippen LogP contribution in [-0.2, 0) is 0 Å². The quantitative estimate of drug-likeness (QED) is 0.613. The Morgan fingerprint density at radius 2 is 2.36 bits per heavy atom. The Morgan fingerprint density at radius 3 is 2.91 bits per heavy atom. The van der Waals surface area contributed by atoms with Gasteiger partial charge in [-0.15, -0.1) is 0 Å². The van der Waals surface area contributed by atoms with E-state index < -0.39 is 0 Å². The fourth-order valence-electron chi connectivity index (χ4n) is 0.590. The van der Waals surface area contributed by atoms with Crippen molar-refractivity contribution in [3.63, 3.8) is 0 Å². The van der Waals surface area contributed by atoms with Crippen LogP contribution in [0, 0.1) is 17.9 Å². The SMILES string of the molecule is [C-]#[N+]c1cncc(C#N)c1Br. The number of hydrogen-bond acceptors (Lipinski definition) is 2. The summed E-state index contributed by atoms with van der Waals surface area (Å²) in [6.45, 7) is 6.70. The van der Waals surface area contributed by atoms with Crippen LogP contribution in [0.25, 0.3) is 4.85 Å². The van der Waals surface area contributed by atoms with E-state index in [0.29, 0.717) is 15.7 Å². The number of nitrogens with zero attached hydrogens (tertiary/aromatic N) is 3. The zero-order chi connectivity index (χ0) is 8.27. The molecular weight excluding hydrogens is 206 g/mol. The van der Waals surface area contributed by atoms with Crippen molar-refractivity contribution in [2.75, 3.05) is 0 Å². The lowest BCUT2D eigenvalue weighted by atomic mass is 10.3. The summed E-state index contributed by atoms with van der Waals surface area (Å²) in [6, 6.07) is 1.92. The lowest BCUT2D eigenvalue weighted by molar-refractivity contribution is 1.30. The molecule has 1 heterocycles. The highest BCUT2D eigenvalue weighted by Crippen LogP contribution is 2.26. The van der Waals surface area contributed by atoms with Crippen molar-refractivity contribution in [3.8, 4) is 6.07 Å². The van der Waals surface area contributed by atoms with Crippen LogP contribution in [0.5, 0.6) is 0 Å². The Kier molecular flexibility index (Phi) is 2.20. The topological polar surface area (TPSA) is 41.0 Å². The first-order valence-corrected chi connectivity index (χ1v) is 3.50. The van der Waals surface area contributed by atoms with Crippen molar-refractivity contribution in [1.29, 1.82) is 5.26 Å². The highest BCUT2D eigenvalue weighted by molar-refractivity contribution is 9.10. The Balaban J connectivity index is 3.38. The maximum atomic E-state index is 8.52. The first-order chi connectivity index (χ1) is 5.29. The van der Waals surface area contributed by atoms with E-state index in [-0.39, 0.29) is 0 Å². The molecule has 11 heavy (non-hydrogen) atoms. The second kappa shape index (κ2) is 3.14. The molecule has 4 heteroatoms. The molecule has 0 aliphatic rings. The molecule has 52 valence electrons. The normalized spacial score (nSPS) is 8.27. The minimum atomic E-state index is 0.365. The number of nitriles is 1. The average Bonchev–Trinajstić information content (AvgIpc) is 2.05. The van der Waals surface area contributed by atoms with Gasteiger partial charge < -0.3 is 0 Å². The van der Waals surface area contributed by atoms with Crippen LogP contribution in [0.3, 0.4) is 0 Å². The van der Waals surface area contributed by atoms with E-state index in [1.807, 2.05) is 6.07 Å². The van der Waals surface area contributed by atoms with Crippen LogP contribution >= 0.6 is 15.9 Å². The van der Waals surface area contributed by atoms with Gasteiger partial charge >= 0.3 is 0 Å². The molecule has 0 amide bonds. The summed E-state index contributed by atoms with van der Waals surface area (Å²) in [7, 11) is 0. The van der Waals surface area contributed by atoms with Gasteiger partial charge in [0.2, 0.25) is 5.69 Å². The van der Waals surface area contributed by atoms with E-state index in [0.717, 1.165) is 0 Å². The van der Waals surface area contributed by atoms with Crippen LogP contribution in [-0.4, -0.2) is 4.98 Å². The first-order valence-electron chi connectivity index (χ1n) is 2.70. The summed E-state index contributed by atoms with van der Waals surface area (Å²) < 4.78 is 0.519. The van der Waals surface area contributed by atoms with Crippen LogP contribution in [0.1, 0.15) is 5.56 Å². The van der Waals surface area contributed by atoms with Gasteiger partial charge in [0.15, 0.2) is 0 Å². The van der Waals surface area contributed by atoms with E-state index in [4.69, 9.17) is 11.8 Å². The van der Waals surface area contributed by atoms with Crippen molar-refractivity contribution < 1.29 is 0 Å². The minimum absolute atomic E-state index is 0.365. The molecule has 1 aromatic rings. The van der Waals surface area contributed by atoms with Gasteiger partial charge in [0.05, 0.1) is 12.1 Å². The van der Waals surface area contributed by atoms with Gasteiger partial charge in [-0.05, 0) is 0 Å². The summed E-state index contributed by atoms with van der Waals surface area (Å²) in [5.74, 6) is 0. The second-order valence-electron chi connectivity index (χ2n) is 1.74. The Hall–Kier alpha value is -1.39. The predicted octanol–water partition coefficient (Wildman–Crippen LogP) is 2.27. The molecule has 3 nitrogen and oxygen atoms in total. The van der Waals surface area contributed by atoms with Gasteiger partial charge in [0.1, 0.15) is 6.07 Å². The van der Waals surface area contributed by atoms with E-state index in [1.165, 1.54) is 12.4 Å². The molecule has 1 rings (SSSR count). The van der Waals surface area contributed by atoms with Gasteiger partial charge in [0, 0.05) is 16.9 Å². The van der Waals surface area contributed by atoms with Crippen LogP contribution in [0.4, 0.5) is 5.69 Å². The second-order valence-corrected chi connectivity index (χ2v) is 2.54.